The molecule has 0 unspecified atom stereocenters. The smallest absolute Gasteiger partial charge is 0.330 e. The van der Waals surface area contributed by atoms with Crippen molar-refractivity contribution in [3.8, 4) is 5.88 Å². The van der Waals surface area contributed by atoms with E-state index in [-0.39, 0.29) is 0 Å². The monoisotopic (exact) mass is 176 g/mol. The molecule has 0 radical (unpaired) electrons. The van der Waals surface area contributed by atoms with E-state index in [1.165, 1.54) is 0 Å². The molecule has 0 aliphatic rings. The molecule has 0 fully saturated rings. The molecule has 6 nitrogen and oxygen atoms in total. The molecular weight excluding hydrogens is 172 g/mol. The van der Waals surface area contributed by atoms with Crippen molar-refractivity contribution in [2.75, 3.05) is 0 Å². The summed E-state index contributed by atoms with van der Waals surface area (Å²) in [5, 5.41) is 7.84. The van der Waals surface area contributed by atoms with Gasteiger partial charge in [-0.05, 0) is 0 Å². The third-order valence-electron chi connectivity index (χ3n) is 0.849. The number of hydrogen-bond acceptors (Lipinski definition) is 5. The average molecular weight is 176 g/mol. The predicted molar refractivity (Wildman–Crippen MR) is 33.5 cm³/mol. The van der Waals surface area contributed by atoms with Crippen LogP contribution in [-0.2, 0) is 10.1 Å². The van der Waals surface area contributed by atoms with E-state index in [0.29, 0.717) is 0 Å². The normalized spacial score (nSPS) is 11.4. The predicted octanol–water partition coefficient (Wildman–Crippen LogP) is -0.571. The molecule has 1 heterocycles. The molecule has 0 aliphatic heterocycles. The maximum absolute atomic E-state index is 10.3. The van der Waals surface area contributed by atoms with Gasteiger partial charge in [-0.1, -0.05) is 0 Å². The van der Waals surface area contributed by atoms with Crippen LogP contribution in [0.2, 0.25) is 0 Å². The van der Waals surface area contributed by atoms with E-state index in [9.17, 15) is 8.42 Å². The highest BCUT2D eigenvalue weighted by atomic mass is 32.2. The highest BCUT2D eigenvalue weighted by molar-refractivity contribution is 7.85. The van der Waals surface area contributed by atoms with Gasteiger partial charge in [-0.3, -0.25) is 4.55 Å². The lowest BCUT2D eigenvalue weighted by Crippen LogP contribution is -2.03. The standard InChI is InChI=1S/C4H4N2O4S/c7-3-1-2-5-4(6-3)11(8,9)10/h1-2H,(H,5,6,7)(H,8,9,10). The summed E-state index contributed by atoms with van der Waals surface area (Å²) in [5.74, 6) is -0.507. The average Bonchev–Trinajstić information content (AvgIpc) is 1.86. The Morgan fingerprint density at radius 3 is 2.45 bits per heavy atom. The van der Waals surface area contributed by atoms with E-state index in [0.717, 1.165) is 12.3 Å². The fraction of sp³-hybridized carbons (Fsp3) is 0. The number of aromatic nitrogens is 2. The van der Waals surface area contributed by atoms with Crippen LogP contribution in [0.5, 0.6) is 5.88 Å². The van der Waals surface area contributed by atoms with Gasteiger partial charge in [0.05, 0.1) is 0 Å². The van der Waals surface area contributed by atoms with Gasteiger partial charge in [0, 0.05) is 12.3 Å². The van der Waals surface area contributed by atoms with Crippen LogP contribution in [0.25, 0.3) is 0 Å². The molecule has 1 aromatic heterocycles. The molecule has 60 valence electrons. The SMILES string of the molecule is O=S(=O)(O)c1nccc(O)n1. The molecule has 0 aromatic carbocycles. The molecule has 0 saturated heterocycles. The largest absolute Gasteiger partial charge is 0.493 e. The third-order valence-corrected chi connectivity index (χ3v) is 1.51. The van der Waals surface area contributed by atoms with Gasteiger partial charge < -0.3 is 5.11 Å². The summed E-state index contributed by atoms with van der Waals surface area (Å²) in [6.07, 6.45) is 1.02. The zero-order chi connectivity index (χ0) is 8.48. The zero-order valence-electron chi connectivity index (χ0n) is 5.17. The van der Waals surface area contributed by atoms with Gasteiger partial charge in [0.25, 0.3) is 5.16 Å². The van der Waals surface area contributed by atoms with Crippen LogP contribution in [0.15, 0.2) is 17.4 Å². The maximum atomic E-state index is 10.3. The molecule has 1 rings (SSSR count). The van der Waals surface area contributed by atoms with Gasteiger partial charge >= 0.3 is 10.1 Å². The Morgan fingerprint density at radius 1 is 1.45 bits per heavy atom. The van der Waals surface area contributed by atoms with Gasteiger partial charge in [0.1, 0.15) is 0 Å². The van der Waals surface area contributed by atoms with Gasteiger partial charge in [0.2, 0.25) is 5.88 Å². The lowest BCUT2D eigenvalue weighted by atomic mass is 10.6. The van der Waals surface area contributed by atoms with Crippen LogP contribution < -0.4 is 0 Å². The van der Waals surface area contributed by atoms with Gasteiger partial charge in [0.15, 0.2) is 0 Å². The lowest BCUT2D eigenvalue weighted by Gasteiger charge is -1.93. The molecule has 11 heavy (non-hydrogen) atoms. The van der Waals surface area contributed by atoms with E-state index in [1.54, 1.807) is 0 Å². The van der Waals surface area contributed by atoms with Crippen LogP contribution in [-0.4, -0.2) is 28.0 Å². The van der Waals surface area contributed by atoms with Crippen molar-refractivity contribution in [3.05, 3.63) is 12.3 Å². The summed E-state index contributed by atoms with van der Waals surface area (Å²) in [4.78, 5) is 6.25. The summed E-state index contributed by atoms with van der Waals surface area (Å²) in [6, 6.07) is 1.09. The van der Waals surface area contributed by atoms with Crippen molar-refractivity contribution < 1.29 is 18.1 Å². The maximum Gasteiger partial charge on any atom is 0.330 e. The summed E-state index contributed by atoms with van der Waals surface area (Å²) in [6.45, 7) is 0. The first-order chi connectivity index (χ1) is 5.00. The second-order valence-corrected chi connectivity index (χ2v) is 2.99. The Morgan fingerprint density at radius 2 is 2.09 bits per heavy atom. The minimum atomic E-state index is -4.41. The van der Waals surface area contributed by atoms with E-state index < -0.39 is 21.2 Å². The minimum Gasteiger partial charge on any atom is -0.493 e. The molecular formula is C4H4N2O4S. The quantitative estimate of drug-likeness (QED) is 0.439. The van der Waals surface area contributed by atoms with Gasteiger partial charge in [-0.15, -0.1) is 0 Å². The summed E-state index contributed by atoms with van der Waals surface area (Å²) >= 11 is 0. The zero-order valence-corrected chi connectivity index (χ0v) is 5.98. The Bertz CT molecular complexity index is 360. The summed E-state index contributed by atoms with van der Waals surface area (Å²) < 4.78 is 29.0. The van der Waals surface area contributed by atoms with E-state index in [2.05, 4.69) is 9.97 Å². The molecule has 0 amide bonds. The molecule has 1 aromatic rings. The highest BCUT2D eigenvalue weighted by Gasteiger charge is 2.12. The first kappa shape index (κ1) is 7.89. The van der Waals surface area contributed by atoms with Crippen molar-refractivity contribution in [2.24, 2.45) is 0 Å². The lowest BCUT2D eigenvalue weighted by molar-refractivity contribution is 0.433. The molecule has 0 aliphatic carbocycles. The van der Waals surface area contributed by atoms with Crippen molar-refractivity contribution in [2.45, 2.75) is 5.16 Å². The van der Waals surface area contributed by atoms with Crippen LogP contribution in [0.1, 0.15) is 0 Å². The van der Waals surface area contributed by atoms with Crippen molar-refractivity contribution in [3.63, 3.8) is 0 Å². The van der Waals surface area contributed by atoms with Crippen LogP contribution in [0.3, 0.4) is 0 Å². The number of rotatable bonds is 1. The molecule has 0 atom stereocenters. The molecule has 2 N–H and O–H groups in total. The topological polar surface area (TPSA) is 100 Å². The number of hydrogen-bond donors (Lipinski definition) is 2. The third kappa shape index (κ3) is 1.85. The Balaban J connectivity index is 3.28. The molecule has 0 spiro atoms. The number of nitrogens with zero attached hydrogens (tertiary/aromatic N) is 2. The minimum absolute atomic E-state index is 0.507. The number of aromatic hydroxyl groups is 1. The van der Waals surface area contributed by atoms with E-state index in [1.807, 2.05) is 0 Å². The van der Waals surface area contributed by atoms with Gasteiger partial charge in [-0.2, -0.15) is 13.4 Å². The molecule has 0 saturated carbocycles. The van der Waals surface area contributed by atoms with Crippen molar-refractivity contribution >= 4 is 10.1 Å². The van der Waals surface area contributed by atoms with Crippen molar-refractivity contribution in [1.82, 2.24) is 9.97 Å². The summed E-state index contributed by atoms with van der Waals surface area (Å²) in [5.41, 5.74) is 0. The first-order valence-corrected chi connectivity index (χ1v) is 3.93. The Kier molecular flexibility index (Phi) is 1.75. The Labute approximate surface area is 62.3 Å². The molecule has 0 bridgehead atoms. The fourth-order valence-corrected chi connectivity index (χ4v) is 0.859. The van der Waals surface area contributed by atoms with Gasteiger partial charge in [-0.25, -0.2) is 4.98 Å². The van der Waals surface area contributed by atoms with Crippen molar-refractivity contribution in [1.29, 1.82) is 0 Å². The fourth-order valence-electron chi connectivity index (χ4n) is 0.456. The summed E-state index contributed by atoms with van der Waals surface area (Å²) in [7, 11) is -4.41. The second-order valence-electron chi connectivity index (χ2n) is 1.67. The van der Waals surface area contributed by atoms with Crippen LogP contribution in [0, 0.1) is 0 Å². The van der Waals surface area contributed by atoms with E-state index in [4.69, 9.17) is 9.66 Å². The Hall–Kier alpha value is -1.21. The van der Waals surface area contributed by atoms with Crippen LogP contribution >= 0.6 is 0 Å². The molecule has 7 heteroatoms. The first-order valence-electron chi connectivity index (χ1n) is 2.49. The highest BCUT2D eigenvalue weighted by Crippen LogP contribution is 2.05. The second kappa shape index (κ2) is 2.44. The van der Waals surface area contributed by atoms with E-state index >= 15 is 0 Å². The van der Waals surface area contributed by atoms with Crippen LogP contribution in [0.4, 0.5) is 0 Å².